The maximum absolute atomic E-state index is 11.1. The highest BCUT2D eigenvalue weighted by molar-refractivity contribution is 8.00. The summed E-state index contributed by atoms with van der Waals surface area (Å²) in [5, 5.41) is 13.3. The Bertz CT molecular complexity index is 1250. The van der Waals surface area contributed by atoms with Crippen LogP contribution in [0.25, 0.3) is 0 Å². The van der Waals surface area contributed by atoms with E-state index in [4.69, 9.17) is 38.8 Å². The number of pyridine rings is 1. The molecule has 1 aromatic heterocycles. The summed E-state index contributed by atoms with van der Waals surface area (Å²) in [4.78, 5) is 16.6. The Balaban J connectivity index is 1.72. The van der Waals surface area contributed by atoms with Gasteiger partial charge < -0.3 is 25.2 Å². The van der Waals surface area contributed by atoms with Crippen molar-refractivity contribution in [1.82, 2.24) is 4.98 Å². The molecule has 3 rings (SSSR count). The van der Waals surface area contributed by atoms with Gasteiger partial charge in [0.2, 0.25) is 5.88 Å². The highest BCUT2D eigenvalue weighted by atomic mass is 35.5. The molecule has 0 atom stereocenters. The Kier molecular flexibility index (Phi) is 9.37. The first-order valence-electron chi connectivity index (χ1n) is 11.1. The highest BCUT2D eigenvalue weighted by Gasteiger charge is 2.15. The van der Waals surface area contributed by atoms with E-state index in [0.717, 1.165) is 16.3 Å². The zero-order valence-electron chi connectivity index (χ0n) is 20.4. The molecule has 10 heteroatoms. The average Bonchev–Trinajstić information content (AvgIpc) is 2.83. The van der Waals surface area contributed by atoms with E-state index in [-0.39, 0.29) is 18.1 Å². The van der Waals surface area contributed by atoms with E-state index < -0.39 is 5.97 Å². The van der Waals surface area contributed by atoms with Gasteiger partial charge in [-0.15, -0.1) is 0 Å². The molecule has 7 nitrogen and oxygen atoms in total. The average molecular weight is 548 g/mol. The normalized spacial score (nSPS) is 11.8. The smallest absolute Gasteiger partial charge is 0.335 e. The van der Waals surface area contributed by atoms with E-state index in [2.05, 4.69) is 10.3 Å². The minimum Gasteiger partial charge on any atom is -0.478 e. The van der Waals surface area contributed by atoms with Crippen LogP contribution < -0.4 is 20.1 Å². The summed E-state index contributed by atoms with van der Waals surface area (Å²) >= 11 is 14.1. The third-order valence-corrected chi connectivity index (χ3v) is 6.87. The number of nitrogens with zero attached hydrogens (tertiary/aromatic N) is 2. The molecule has 3 aromatic rings. The van der Waals surface area contributed by atoms with Crippen molar-refractivity contribution in [3.8, 4) is 5.88 Å². The molecule has 0 fully saturated rings. The first-order chi connectivity index (χ1) is 17.1. The number of benzene rings is 2. The predicted molar refractivity (Wildman–Crippen MR) is 148 cm³/mol. The van der Waals surface area contributed by atoms with Gasteiger partial charge in [-0.3, -0.25) is 0 Å². The van der Waals surface area contributed by atoms with Crippen LogP contribution in [0.4, 0.5) is 11.4 Å². The minimum atomic E-state index is -0.950. The second-order valence-electron chi connectivity index (χ2n) is 8.27. The topological polar surface area (TPSA) is 101 Å². The van der Waals surface area contributed by atoms with Crippen molar-refractivity contribution in [3.05, 3.63) is 87.3 Å². The Morgan fingerprint density at radius 3 is 2.33 bits per heavy atom. The van der Waals surface area contributed by atoms with Gasteiger partial charge in [-0.1, -0.05) is 43.1 Å². The van der Waals surface area contributed by atoms with Gasteiger partial charge in [-0.25, -0.2) is 9.78 Å². The van der Waals surface area contributed by atoms with Gasteiger partial charge in [0.25, 0.3) is 0 Å². The number of aryl methyl sites for hydroxylation is 1. The largest absolute Gasteiger partial charge is 0.478 e. The van der Waals surface area contributed by atoms with E-state index in [9.17, 15) is 4.79 Å². The maximum atomic E-state index is 11.1. The standard InChI is InChI=1S/C26H28Cl2N4O3S/c1-15(2)24(29)21(31-25-19(27)6-5-7-20(25)28)14-35-23-13-12-22(16(3)30-23)32(4)36-18-10-8-17(9-11-18)26(33)34/h5-13,15,31H,14,29H2,1-4H3,(H,33,34)/b24-21-. The van der Waals surface area contributed by atoms with Crippen LogP contribution in [0.15, 0.2) is 70.9 Å². The third kappa shape index (κ3) is 7.00. The van der Waals surface area contributed by atoms with Crippen LogP contribution in [0.5, 0.6) is 5.88 Å². The molecule has 0 amide bonds. The summed E-state index contributed by atoms with van der Waals surface area (Å²) in [7, 11) is 1.92. The lowest BCUT2D eigenvalue weighted by Crippen LogP contribution is -2.20. The van der Waals surface area contributed by atoms with Crippen molar-refractivity contribution in [3.63, 3.8) is 0 Å². The van der Waals surface area contributed by atoms with Crippen molar-refractivity contribution in [2.75, 3.05) is 23.3 Å². The molecule has 2 aromatic carbocycles. The number of halogens is 2. The number of rotatable bonds is 10. The first-order valence-corrected chi connectivity index (χ1v) is 12.6. The minimum absolute atomic E-state index is 0.0738. The number of ether oxygens (including phenoxy) is 1. The molecule has 0 unspecified atom stereocenters. The Morgan fingerprint density at radius 1 is 1.14 bits per heavy atom. The number of carbonyl (C=O) groups is 1. The van der Waals surface area contributed by atoms with Crippen LogP contribution in [-0.2, 0) is 0 Å². The first kappa shape index (κ1) is 27.5. The van der Waals surface area contributed by atoms with Crippen LogP contribution in [0.2, 0.25) is 10.0 Å². The number of nitrogens with two attached hydrogens (primary N) is 1. The van der Waals surface area contributed by atoms with Crippen molar-refractivity contribution < 1.29 is 14.6 Å². The molecule has 0 radical (unpaired) electrons. The van der Waals surface area contributed by atoms with E-state index in [1.807, 2.05) is 38.2 Å². The fraction of sp³-hybridized carbons (Fsp3) is 0.231. The molecule has 0 bridgehead atoms. The molecule has 36 heavy (non-hydrogen) atoms. The second-order valence-corrected chi connectivity index (χ2v) is 10.3. The van der Waals surface area contributed by atoms with Crippen molar-refractivity contribution in [2.24, 2.45) is 11.7 Å². The second kappa shape index (κ2) is 12.3. The van der Waals surface area contributed by atoms with E-state index >= 15 is 0 Å². The Morgan fingerprint density at radius 2 is 1.78 bits per heavy atom. The molecule has 0 aliphatic rings. The summed E-state index contributed by atoms with van der Waals surface area (Å²) < 4.78 is 7.95. The number of carboxylic acid groups (broad SMARTS) is 1. The quantitative estimate of drug-likeness (QED) is 0.237. The van der Waals surface area contributed by atoms with Crippen molar-refractivity contribution in [2.45, 2.75) is 25.7 Å². The van der Waals surface area contributed by atoms with Gasteiger partial charge in [-0.05, 0) is 67.3 Å². The van der Waals surface area contributed by atoms with E-state index in [1.165, 1.54) is 11.9 Å². The van der Waals surface area contributed by atoms with E-state index in [0.29, 0.717) is 33.0 Å². The molecule has 1 heterocycles. The van der Waals surface area contributed by atoms with Crippen LogP contribution in [0.3, 0.4) is 0 Å². The summed E-state index contributed by atoms with van der Waals surface area (Å²) in [6.45, 7) is 6.03. The number of carboxylic acids is 1. The van der Waals surface area contributed by atoms with Gasteiger partial charge >= 0.3 is 5.97 Å². The number of allylic oxidation sites excluding steroid dienone is 1. The molecule has 0 aliphatic heterocycles. The molecular formula is C26H28Cl2N4O3S. The van der Waals surface area contributed by atoms with Gasteiger partial charge in [0, 0.05) is 23.7 Å². The summed E-state index contributed by atoms with van der Waals surface area (Å²) in [5.41, 5.74) is 10.1. The summed E-state index contributed by atoms with van der Waals surface area (Å²) in [5.74, 6) is -0.430. The van der Waals surface area contributed by atoms with Gasteiger partial charge in [-0.2, -0.15) is 0 Å². The van der Waals surface area contributed by atoms with E-state index in [1.54, 1.807) is 48.5 Å². The Labute approximate surface area is 225 Å². The molecule has 4 N–H and O–H groups in total. The number of hydrogen-bond acceptors (Lipinski definition) is 7. The highest BCUT2D eigenvalue weighted by Crippen LogP contribution is 2.33. The lowest BCUT2D eigenvalue weighted by Gasteiger charge is -2.21. The maximum Gasteiger partial charge on any atom is 0.335 e. The van der Waals surface area contributed by atoms with Crippen LogP contribution in [0.1, 0.15) is 29.9 Å². The molecule has 190 valence electrons. The predicted octanol–water partition coefficient (Wildman–Crippen LogP) is 6.86. The zero-order valence-corrected chi connectivity index (χ0v) is 22.7. The molecule has 0 saturated carbocycles. The van der Waals surface area contributed by atoms with Crippen molar-refractivity contribution in [1.29, 1.82) is 0 Å². The third-order valence-electron chi connectivity index (χ3n) is 5.29. The number of hydrogen-bond donors (Lipinski definition) is 3. The van der Waals surface area contributed by atoms with Crippen molar-refractivity contribution >= 4 is 52.5 Å². The van der Waals surface area contributed by atoms with Crippen LogP contribution in [-0.4, -0.2) is 29.7 Å². The number of aromatic carboxylic acids is 1. The SMILES string of the molecule is Cc1nc(OC/C(Nc2c(Cl)cccc2Cl)=C(/N)C(C)C)ccc1N(C)Sc1ccc(C(=O)O)cc1. The molecular weight excluding hydrogens is 519 g/mol. The number of anilines is 2. The number of aromatic nitrogens is 1. The Hall–Kier alpha value is -3.07. The summed E-state index contributed by atoms with van der Waals surface area (Å²) in [6, 6.07) is 15.7. The lowest BCUT2D eigenvalue weighted by molar-refractivity contribution is 0.0697. The van der Waals surface area contributed by atoms with Gasteiger partial charge in [0.1, 0.15) is 6.61 Å². The zero-order chi connectivity index (χ0) is 26.4. The number of nitrogens with one attached hydrogen (secondary N) is 1. The monoisotopic (exact) mass is 546 g/mol. The van der Waals surface area contributed by atoms with Gasteiger partial charge in [0.05, 0.1) is 38.4 Å². The fourth-order valence-electron chi connectivity index (χ4n) is 3.26. The molecule has 0 aliphatic carbocycles. The molecule has 0 saturated heterocycles. The molecule has 0 spiro atoms. The lowest BCUT2D eigenvalue weighted by atomic mass is 10.1. The van der Waals surface area contributed by atoms with Crippen LogP contribution in [0, 0.1) is 12.8 Å². The number of para-hydroxylation sites is 1. The van der Waals surface area contributed by atoms with Crippen LogP contribution >= 0.6 is 35.1 Å². The fourth-order valence-corrected chi connectivity index (χ4v) is 4.62. The summed E-state index contributed by atoms with van der Waals surface area (Å²) in [6.07, 6.45) is 0. The van der Waals surface area contributed by atoms with Gasteiger partial charge in [0.15, 0.2) is 0 Å².